The van der Waals surface area contributed by atoms with Crippen LogP contribution in [0.4, 0.5) is 5.95 Å². The molecule has 1 fully saturated rings. The number of aryl methyl sites for hydroxylation is 1. The molecular weight excluding hydrogens is 278 g/mol. The summed E-state index contributed by atoms with van der Waals surface area (Å²) in [6.45, 7) is 2.16. The van der Waals surface area contributed by atoms with Crippen molar-refractivity contribution < 1.29 is 4.79 Å². The Balaban J connectivity index is 1.57. The van der Waals surface area contributed by atoms with Crippen molar-refractivity contribution in [1.29, 1.82) is 0 Å². The number of amides is 1. The summed E-state index contributed by atoms with van der Waals surface area (Å²) in [5, 5.41) is 3.04. The van der Waals surface area contributed by atoms with Gasteiger partial charge in [-0.2, -0.15) is 0 Å². The Labute approximate surface area is 130 Å². The van der Waals surface area contributed by atoms with Crippen LogP contribution in [0.2, 0.25) is 0 Å². The molecule has 2 aromatic rings. The molecule has 116 valence electrons. The molecule has 3 heterocycles. The van der Waals surface area contributed by atoms with Gasteiger partial charge >= 0.3 is 0 Å². The van der Waals surface area contributed by atoms with Gasteiger partial charge in [-0.3, -0.25) is 4.79 Å². The van der Waals surface area contributed by atoms with Crippen molar-refractivity contribution in [3.05, 3.63) is 42.5 Å². The van der Waals surface area contributed by atoms with Crippen LogP contribution in [-0.4, -0.2) is 33.5 Å². The molecule has 0 bridgehead atoms. The predicted molar refractivity (Wildman–Crippen MR) is 84.2 cm³/mol. The van der Waals surface area contributed by atoms with Crippen molar-refractivity contribution in [1.82, 2.24) is 19.9 Å². The first-order valence-corrected chi connectivity index (χ1v) is 7.64. The van der Waals surface area contributed by atoms with Gasteiger partial charge in [0.25, 0.3) is 0 Å². The normalized spacial score (nSPS) is 18.2. The first-order chi connectivity index (χ1) is 10.7. The summed E-state index contributed by atoms with van der Waals surface area (Å²) in [5.74, 6) is 0.821. The number of hydrogen-bond acceptors (Lipinski definition) is 4. The lowest BCUT2D eigenvalue weighted by molar-refractivity contribution is -0.125. The number of carbonyl (C=O) groups is 1. The summed E-state index contributed by atoms with van der Waals surface area (Å²) in [7, 11) is 1.98. The fourth-order valence-corrected chi connectivity index (χ4v) is 2.83. The summed E-state index contributed by atoms with van der Waals surface area (Å²) in [4.78, 5) is 23.0. The van der Waals surface area contributed by atoms with Crippen LogP contribution in [0.15, 0.2) is 36.8 Å². The van der Waals surface area contributed by atoms with Crippen molar-refractivity contribution in [3.63, 3.8) is 0 Å². The Bertz CT molecular complexity index is 624. The summed E-state index contributed by atoms with van der Waals surface area (Å²) in [6.07, 6.45) is 7.36. The van der Waals surface area contributed by atoms with E-state index in [0.29, 0.717) is 19.0 Å². The van der Waals surface area contributed by atoms with Gasteiger partial charge in [0.2, 0.25) is 11.9 Å². The highest BCUT2D eigenvalue weighted by Gasteiger charge is 2.26. The third-order valence-corrected chi connectivity index (χ3v) is 4.12. The maximum atomic E-state index is 12.4. The molecule has 0 spiro atoms. The quantitative estimate of drug-likeness (QED) is 0.925. The highest BCUT2D eigenvalue weighted by molar-refractivity contribution is 5.79. The van der Waals surface area contributed by atoms with Gasteiger partial charge in [0, 0.05) is 44.4 Å². The zero-order valence-corrected chi connectivity index (χ0v) is 12.8. The SMILES string of the molecule is Cn1cccc1CNC(=O)[C@H]1CCCN(c2ncccn2)C1. The summed E-state index contributed by atoms with van der Waals surface area (Å²) >= 11 is 0. The number of aromatic nitrogens is 3. The summed E-state index contributed by atoms with van der Waals surface area (Å²) in [6, 6.07) is 5.80. The van der Waals surface area contributed by atoms with Crippen LogP contribution < -0.4 is 10.2 Å². The van der Waals surface area contributed by atoms with E-state index < -0.39 is 0 Å². The van der Waals surface area contributed by atoms with E-state index in [0.717, 1.165) is 25.1 Å². The Morgan fingerprint density at radius 3 is 2.91 bits per heavy atom. The van der Waals surface area contributed by atoms with Gasteiger partial charge in [-0.05, 0) is 31.0 Å². The average Bonchev–Trinajstić information content (AvgIpc) is 2.99. The molecule has 2 aromatic heterocycles. The first-order valence-electron chi connectivity index (χ1n) is 7.64. The van der Waals surface area contributed by atoms with Gasteiger partial charge in [-0.1, -0.05) is 0 Å². The van der Waals surface area contributed by atoms with Gasteiger partial charge in [-0.15, -0.1) is 0 Å². The molecular formula is C16H21N5O. The van der Waals surface area contributed by atoms with Gasteiger partial charge in [0.05, 0.1) is 12.5 Å². The topological polar surface area (TPSA) is 63.1 Å². The predicted octanol–water partition coefficient (Wildman–Crippen LogP) is 1.35. The van der Waals surface area contributed by atoms with E-state index in [1.165, 1.54) is 0 Å². The third kappa shape index (κ3) is 3.27. The lowest BCUT2D eigenvalue weighted by Crippen LogP contribution is -2.43. The monoisotopic (exact) mass is 299 g/mol. The zero-order chi connectivity index (χ0) is 15.4. The molecule has 0 aliphatic carbocycles. The summed E-state index contributed by atoms with van der Waals surface area (Å²) in [5.41, 5.74) is 1.10. The number of anilines is 1. The molecule has 3 rings (SSSR count). The van der Waals surface area contributed by atoms with Crippen molar-refractivity contribution in [2.24, 2.45) is 13.0 Å². The molecule has 0 aromatic carbocycles. The van der Waals surface area contributed by atoms with Crippen molar-refractivity contribution >= 4 is 11.9 Å². The molecule has 1 atom stereocenters. The second-order valence-electron chi connectivity index (χ2n) is 5.66. The largest absolute Gasteiger partial charge is 0.353 e. The Morgan fingerprint density at radius 1 is 1.36 bits per heavy atom. The van der Waals surface area contributed by atoms with Crippen LogP contribution in [0, 0.1) is 5.92 Å². The van der Waals surface area contributed by atoms with Crippen LogP contribution >= 0.6 is 0 Å². The fourth-order valence-electron chi connectivity index (χ4n) is 2.83. The third-order valence-electron chi connectivity index (χ3n) is 4.12. The second kappa shape index (κ2) is 6.60. The van der Waals surface area contributed by atoms with E-state index in [1.807, 2.05) is 29.9 Å². The highest BCUT2D eigenvalue weighted by Crippen LogP contribution is 2.20. The Hall–Kier alpha value is -2.37. The Kier molecular flexibility index (Phi) is 4.37. The van der Waals surface area contributed by atoms with E-state index >= 15 is 0 Å². The molecule has 22 heavy (non-hydrogen) atoms. The number of nitrogens with one attached hydrogen (secondary N) is 1. The minimum Gasteiger partial charge on any atom is -0.353 e. The van der Waals surface area contributed by atoms with Gasteiger partial charge in [0.1, 0.15) is 0 Å². The highest BCUT2D eigenvalue weighted by atomic mass is 16.1. The number of nitrogens with zero attached hydrogens (tertiary/aromatic N) is 4. The number of carbonyl (C=O) groups excluding carboxylic acids is 1. The lowest BCUT2D eigenvalue weighted by atomic mass is 9.97. The standard InChI is InChI=1S/C16H21N5O/c1-20-9-3-6-14(20)11-19-15(22)13-5-2-10-21(12-13)16-17-7-4-8-18-16/h3-4,6-9,13H,2,5,10-12H2,1H3,(H,19,22)/t13-/m0/s1. The first kappa shape index (κ1) is 14.6. The second-order valence-corrected chi connectivity index (χ2v) is 5.66. The molecule has 6 heteroatoms. The van der Waals surface area contributed by atoms with Gasteiger partial charge < -0.3 is 14.8 Å². The average molecular weight is 299 g/mol. The van der Waals surface area contributed by atoms with E-state index in [1.54, 1.807) is 18.5 Å². The number of piperidine rings is 1. The molecule has 6 nitrogen and oxygen atoms in total. The maximum absolute atomic E-state index is 12.4. The smallest absolute Gasteiger partial charge is 0.225 e. The van der Waals surface area contributed by atoms with E-state index in [9.17, 15) is 4.79 Å². The van der Waals surface area contributed by atoms with Crippen molar-refractivity contribution in [2.45, 2.75) is 19.4 Å². The minimum atomic E-state index is -0.00201. The van der Waals surface area contributed by atoms with Crippen LogP contribution in [0.1, 0.15) is 18.5 Å². The molecule has 0 radical (unpaired) electrons. The Morgan fingerprint density at radius 2 is 2.18 bits per heavy atom. The molecule has 0 saturated carbocycles. The molecule has 1 aliphatic rings. The zero-order valence-electron chi connectivity index (χ0n) is 12.8. The van der Waals surface area contributed by atoms with Crippen molar-refractivity contribution in [3.8, 4) is 0 Å². The lowest BCUT2D eigenvalue weighted by Gasteiger charge is -2.31. The number of hydrogen-bond donors (Lipinski definition) is 1. The number of rotatable bonds is 4. The molecule has 1 amide bonds. The van der Waals surface area contributed by atoms with Crippen LogP contribution in [0.5, 0.6) is 0 Å². The van der Waals surface area contributed by atoms with Crippen LogP contribution in [-0.2, 0) is 18.4 Å². The van der Waals surface area contributed by atoms with Crippen molar-refractivity contribution in [2.75, 3.05) is 18.0 Å². The molecule has 1 aliphatic heterocycles. The molecule has 1 saturated heterocycles. The fraction of sp³-hybridized carbons (Fsp3) is 0.438. The molecule has 0 unspecified atom stereocenters. The maximum Gasteiger partial charge on any atom is 0.225 e. The summed E-state index contributed by atoms with van der Waals surface area (Å²) < 4.78 is 2.02. The van der Waals surface area contributed by atoms with Gasteiger partial charge in [0.15, 0.2) is 0 Å². The van der Waals surface area contributed by atoms with E-state index in [4.69, 9.17) is 0 Å². The van der Waals surface area contributed by atoms with E-state index in [2.05, 4.69) is 20.2 Å². The van der Waals surface area contributed by atoms with Crippen LogP contribution in [0.25, 0.3) is 0 Å². The van der Waals surface area contributed by atoms with Gasteiger partial charge in [-0.25, -0.2) is 9.97 Å². The molecule has 1 N–H and O–H groups in total. The minimum absolute atomic E-state index is 0.00201. The van der Waals surface area contributed by atoms with E-state index in [-0.39, 0.29) is 11.8 Å². The van der Waals surface area contributed by atoms with Crippen LogP contribution in [0.3, 0.4) is 0 Å².